The first-order chi connectivity index (χ1) is 9.15. The van der Waals surface area contributed by atoms with Gasteiger partial charge in [-0.2, -0.15) is 5.10 Å². The average Bonchev–Trinajstić information content (AvgIpc) is 2.40. The Kier molecular flexibility index (Phi) is 4.68. The molecule has 1 fully saturated rings. The van der Waals surface area contributed by atoms with Crippen LogP contribution in [0.3, 0.4) is 0 Å². The molecule has 6 heteroatoms. The van der Waals surface area contributed by atoms with Crippen molar-refractivity contribution in [3.05, 3.63) is 18.3 Å². The molecule has 1 unspecified atom stereocenters. The third kappa shape index (κ3) is 4.17. The van der Waals surface area contributed by atoms with Crippen molar-refractivity contribution in [2.75, 3.05) is 18.4 Å². The zero-order valence-corrected chi connectivity index (χ0v) is 11.2. The van der Waals surface area contributed by atoms with E-state index in [1.54, 1.807) is 6.20 Å². The zero-order valence-electron chi connectivity index (χ0n) is 11.2. The van der Waals surface area contributed by atoms with Crippen LogP contribution in [-0.4, -0.2) is 46.2 Å². The van der Waals surface area contributed by atoms with E-state index in [9.17, 15) is 4.79 Å². The Balaban J connectivity index is 1.78. The fraction of sp³-hybridized carbons (Fsp3) is 0.615. The molecular weight excluding hydrogens is 242 g/mol. The summed E-state index contributed by atoms with van der Waals surface area (Å²) in [5, 5.41) is 11.2. The standard InChI is InChI=1S/C13H21N5O/c1-10(14)9-13(19)18-7-4-11(5-8-18)16-12-3-2-6-15-17-12/h2-3,6,10-11H,4-5,7-9,14H2,1H3,(H,16,17). The second-order valence-electron chi connectivity index (χ2n) is 5.09. The third-order valence-electron chi connectivity index (χ3n) is 3.27. The number of hydrogen-bond donors (Lipinski definition) is 2. The van der Waals surface area contributed by atoms with Crippen molar-refractivity contribution in [3.8, 4) is 0 Å². The second kappa shape index (κ2) is 6.47. The van der Waals surface area contributed by atoms with Crippen LogP contribution in [0.5, 0.6) is 0 Å². The zero-order chi connectivity index (χ0) is 13.7. The van der Waals surface area contributed by atoms with Gasteiger partial charge in [0.1, 0.15) is 5.82 Å². The van der Waals surface area contributed by atoms with Crippen molar-refractivity contribution in [2.24, 2.45) is 5.73 Å². The molecule has 2 heterocycles. The molecule has 6 nitrogen and oxygen atoms in total. The number of nitrogens with one attached hydrogen (secondary N) is 1. The summed E-state index contributed by atoms with van der Waals surface area (Å²) in [4.78, 5) is 13.8. The van der Waals surface area contributed by atoms with E-state index in [4.69, 9.17) is 5.73 Å². The van der Waals surface area contributed by atoms with Gasteiger partial charge >= 0.3 is 0 Å². The highest BCUT2D eigenvalue weighted by Gasteiger charge is 2.23. The van der Waals surface area contributed by atoms with Gasteiger partial charge in [-0.05, 0) is 31.9 Å². The maximum absolute atomic E-state index is 11.9. The molecule has 0 radical (unpaired) electrons. The van der Waals surface area contributed by atoms with Gasteiger partial charge in [-0.1, -0.05) is 0 Å². The SMILES string of the molecule is CC(N)CC(=O)N1CCC(Nc2cccnn2)CC1. The largest absolute Gasteiger partial charge is 0.366 e. The molecule has 0 bridgehead atoms. The quantitative estimate of drug-likeness (QED) is 0.831. The van der Waals surface area contributed by atoms with Crippen LogP contribution in [-0.2, 0) is 4.79 Å². The van der Waals surface area contributed by atoms with Crippen molar-refractivity contribution >= 4 is 11.7 Å². The smallest absolute Gasteiger partial charge is 0.224 e. The van der Waals surface area contributed by atoms with Crippen LogP contribution in [0.4, 0.5) is 5.82 Å². The molecule has 19 heavy (non-hydrogen) atoms. The molecule has 1 aromatic rings. The van der Waals surface area contributed by atoms with Crippen LogP contribution >= 0.6 is 0 Å². The van der Waals surface area contributed by atoms with Gasteiger partial charge in [-0.3, -0.25) is 4.79 Å². The molecule has 2 rings (SSSR count). The summed E-state index contributed by atoms with van der Waals surface area (Å²) in [6, 6.07) is 4.05. The normalized spacial score (nSPS) is 18.1. The van der Waals surface area contributed by atoms with E-state index in [0.717, 1.165) is 31.7 Å². The molecule has 0 aromatic carbocycles. The third-order valence-corrected chi connectivity index (χ3v) is 3.27. The molecule has 1 aromatic heterocycles. The summed E-state index contributed by atoms with van der Waals surface area (Å²) >= 11 is 0. The highest BCUT2D eigenvalue weighted by atomic mass is 16.2. The molecule has 1 saturated heterocycles. The Bertz CT molecular complexity index is 401. The number of nitrogens with two attached hydrogens (primary N) is 1. The monoisotopic (exact) mass is 263 g/mol. The highest BCUT2D eigenvalue weighted by molar-refractivity contribution is 5.76. The Morgan fingerprint density at radius 3 is 2.89 bits per heavy atom. The first-order valence-corrected chi connectivity index (χ1v) is 6.72. The maximum atomic E-state index is 11.9. The van der Waals surface area contributed by atoms with Crippen LogP contribution in [0.15, 0.2) is 18.3 Å². The highest BCUT2D eigenvalue weighted by Crippen LogP contribution is 2.15. The van der Waals surface area contributed by atoms with Crippen molar-refractivity contribution in [3.63, 3.8) is 0 Å². The summed E-state index contributed by atoms with van der Waals surface area (Å²) in [5.74, 6) is 0.954. The van der Waals surface area contributed by atoms with E-state index >= 15 is 0 Å². The Labute approximate surface area is 113 Å². The van der Waals surface area contributed by atoms with Crippen molar-refractivity contribution in [2.45, 2.75) is 38.3 Å². The minimum Gasteiger partial charge on any atom is -0.366 e. The van der Waals surface area contributed by atoms with Gasteiger partial charge in [0.25, 0.3) is 0 Å². The van der Waals surface area contributed by atoms with Gasteiger partial charge in [-0.15, -0.1) is 5.10 Å². The summed E-state index contributed by atoms with van der Waals surface area (Å²) < 4.78 is 0. The lowest BCUT2D eigenvalue weighted by Gasteiger charge is -2.33. The lowest BCUT2D eigenvalue weighted by Crippen LogP contribution is -2.43. The fourth-order valence-corrected chi connectivity index (χ4v) is 2.27. The molecule has 3 N–H and O–H groups in total. The van der Waals surface area contributed by atoms with Crippen molar-refractivity contribution in [1.29, 1.82) is 0 Å². The molecule has 1 aliphatic rings. The van der Waals surface area contributed by atoms with E-state index in [1.807, 2.05) is 24.0 Å². The summed E-state index contributed by atoms with van der Waals surface area (Å²) in [5.41, 5.74) is 5.65. The minimum atomic E-state index is -0.0667. The van der Waals surface area contributed by atoms with Gasteiger partial charge in [0.05, 0.1) is 0 Å². The topological polar surface area (TPSA) is 84.1 Å². The predicted molar refractivity (Wildman–Crippen MR) is 73.5 cm³/mol. The van der Waals surface area contributed by atoms with Gasteiger partial charge in [0, 0.05) is 37.8 Å². The van der Waals surface area contributed by atoms with Crippen LogP contribution in [0.25, 0.3) is 0 Å². The van der Waals surface area contributed by atoms with Gasteiger partial charge < -0.3 is 16.0 Å². The minimum absolute atomic E-state index is 0.0667. The number of aromatic nitrogens is 2. The number of carbonyl (C=O) groups excluding carboxylic acids is 1. The molecular formula is C13H21N5O. The number of nitrogens with zero attached hydrogens (tertiary/aromatic N) is 3. The van der Waals surface area contributed by atoms with E-state index in [-0.39, 0.29) is 11.9 Å². The van der Waals surface area contributed by atoms with E-state index in [0.29, 0.717) is 12.5 Å². The number of carbonyl (C=O) groups is 1. The summed E-state index contributed by atoms with van der Waals surface area (Å²) in [6.07, 6.45) is 3.95. The number of likely N-dealkylation sites (tertiary alicyclic amines) is 1. The second-order valence-corrected chi connectivity index (χ2v) is 5.09. The Hall–Kier alpha value is -1.69. The lowest BCUT2D eigenvalue weighted by molar-refractivity contribution is -0.132. The molecule has 0 spiro atoms. The molecule has 1 atom stereocenters. The molecule has 1 amide bonds. The first kappa shape index (κ1) is 13.7. The summed E-state index contributed by atoms with van der Waals surface area (Å²) in [7, 11) is 0. The van der Waals surface area contributed by atoms with Crippen LogP contribution in [0.1, 0.15) is 26.2 Å². The molecule has 104 valence electrons. The van der Waals surface area contributed by atoms with Crippen LogP contribution < -0.4 is 11.1 Å². The first-order valence-electron chi connectivity index (χ1n) is 6.72. The van der Waals surface area contributed by atoms with E-state index in [1.165, 1.54) is 0 Å². The maximum Gasteiger partial charge on any atom is 0.224 e. The fourth-order valence-electron chi connectivity index (χ4n) is 2.27. The molecule has 1 aliphatic heterocycles. The molecule has 0 aliphatic carbocycles. The number of amides is 1. The van der Waals surface area contributed by atoms with E-state index in [2.05, 4.69) is 15.5 Å². The van der Waals surface area contributed by atoms with Crippen molar-refractivity contribution in [1.82, 2.24) is 15.1 Å². The Morgan fingerprint density at radius 1 is 1.58 bits per heavy atom. The number of hydrogen-bond acceptors (Lipinski definition) is 5. The van der Waals surface area contributed by atoms with Crippen molar-refractivity contribution < 1.29 is 4.79 Å². The van der Waals surface area contributed by atoms with Crippen LogP contribution in [0, 0.1) is 0 Å². The van der Waals surface area contributed by atoms with Gasteiger partial charge in [0.15, 0.2) is 0 Å². The number of piperidine rings is 1. The van der Waals surface area contributed by atoms with E-state index < -0.39 is 0 Å². The number of rotatable bonds is 4. The number of anilines is 1. The Morgan fingerprint density at radius 2 is 2.32 bits per heavy atom. The lowest BCUT2D eigenvalue weighted by atomic mass is 10.0. The predicted octanol–water partition coefficient (Wildman–Crippen LogP) is 0.617. The van der Waals surface area contributed by atoms with Gasteiger partial charge in [-0.25, -0.2) is 0 Å². The molecule has 0 saturated carbocycles. The summed E-state index contributed by atoms with van der Waals surface area (Å²) in [6.45, 7) is 3.42. The van der Waals surface area contributed by atoms with Crippen LogP contribution in [0.2, 0.25) is 0 Å². The van der Waals surface area contributed by atoms with Gasteiger partial charge in [0.2, 0.25) is 5.91 Å². The average molecular weight is 263 g/mol.